The Balaban J connectivity index is -0.00000112. The van der Waals surface area contributed by atoms with Crippen LogP contribution in [0, 0.1) is 74.1 Å². The van der Waals surface area contributed by atoms with E-state index in [4.69, 9.17) is 9.31 Å². The maximum Gasteiger partial charge on any atom is 0.278 e. The van der Waals surface area contributed by atoms with Gasteiger partial charge in [0, 0.05) is 62.2 Å². The first-order valence-electron chi connectivity index (χ1n) is 5.71. The fourth-order valence-electron chi connectivity index (χ4n) is 0.631. The van der Waals surface area contributed by atoms with E-state index in [-0.39, 0.29) is 73.4 Å². The minimum atomic E-state index is -0.241. The Morgan fingerprint density at radius 2 is 0.889 bits per heavy atom. The van der Waals surface area contributed by atoms with Gasteiger partial charge in [0.15, 0.2) is 0 Å². The van der Waals surface area contributed by atoms with E-state index in [0.717, 1.165) is 0 Å². The third kappa shape index (κ3) is 9.96. The average Bonchev–Trinajstić information content (AvgIpc) is 2.12. The summed E-state index contributed by atoms with van der Waals surface area (Å²) < 4.78 is 11.2. The van der Waals surface area contributed by atoms with Crippen molar-refractivity contribution in [2.75, 3.05) is 0 Å². The SMILES string of the molecule is C[C-](C)C(C)(C)O[B][B]OC(C)(C)[C-](C)C.[U].[U]. The standard InChI is InChI=1S/C12H24B2O2.2U/c1-9(2)11(5,6)15-13-14-16-12(7,8)10(3)4;;/h1-8H3;;/q-2;;. The molecule has 0 saturated carbocycles. The van der Waals surface area contributed by atoms with E-state index in [2.05, 4.69) is 27.7 Å². The Morgan fingerprint density at radius 1 is 0.667 bits per heavy atom. The van der Waals surface area contributed by atoms with E-state index in [1.54, 1.807) is 14.7 Å². The quantitative estimate of drug-likeness (QED) is 0.232. The molecule has 18 heavy (non-hydrogen) atoms. The molecule has 0 bridgehead atoms. The van der Waals surface area contributed by atoms with Crippen molar-refractivity contribution >= 4 is 14.7 Å². The Bertz CT molecular complexity index is 188. The molecule has 0 saturated heterocycles. The van der Waals surface area contributed by atoms with Crippen LogP contribution in [0.15, 0.2) is 0 Å². The van der Waals surface area contributed by atoms with Gasteiger partial charge >= 0.3 is 0 Å². The molecule has 6 heteroatoms. The molecule has 0 spiro atoms. The maximum absolute atomic E-state index is 5.61. The fraction of sp³-hybridized carbons (Fsp3) is 0.833. The van der Waals surface area contributed by atoms with Gasteiger partial charge in [-0.2, -0.15) is 27.7 Å². The predicted octanol–water partition coefficient (Wildman–Crippen LogP) is 2.96. The molecule has 100 valence electrons. The summed E-state index contributed by atoms with van der Waals surface area (Å²) in [5.41, 5.74) is -0.482. The normalized spacial score (nSPS) is 11.9. The van der Waals surface area contributed by atoms with Gasteiger partial charge in [0.2, 0.25) is 0 Å². The molecule has 0 unspecified atom stereocenters. The zero-order valence-electron chi connectivity index (χ0n) is 13.0. The van der Waals surface area contributed by atoms with Gasteiger partial charge in [0.05, 0.1) is 0 Å². The summed E-state index contributed by atoms with van der Waals surface area (Å²) in [6, 6.07) is 0. The third-order valence-electron chi connectivity index (χ3n) is 3.19. The molecule has 0 aromatic carbocycles. The van der Waals surface area contributed by atoms with Crippen molar-refractivity contribution in [2.24, 2.45) is 0 Å². The largest absolute Gasteiger partial charge is 0.472 e. The van der Waals surface area contributed by atoms with Gasteiger partial charge in [-0.15, -0.1) is 0 Å². The van der Waals surface area contributed by atoms with Crippen LogP contribution in [-0.2, 0) is 9.31 Å². The molecule has 2 radical (unpaired) electrons. The van der Waals surface area contributed by atoms with E-state index < -0.39 is 0 Å². The van der Waals surface area contributed by atoms with E-state index >= 15 is 0 Å². The zero-order valence-corrected chi connectivity index (χ0v) is 21.3. The molecular weight excluding hydrogens is 674 g/mol. The van der Waals surface area contributed by atoms with E-state index in [1.807, 2.05) is 27.7 Å². The van der Waals surface area contributed by atoms with Crippen molar-refractivity contribution in [1.82, 2.24) is 0 Å². The van der Waals surface area contributed by atoms with Crippen LogP contribution in [0.4, 0.5) is 0 Å². The summed E-state index contributed by atoms with van der Waals surface area (Å²) in [5.74, 6) is 2.46. The average molecular weight is 698 g/mol. The van der Waals surface area contributed by atoms with Crippen molar-refractivity contribution < 1.29 is 71.5 Å². The first-order chi connectivity index (χ1) is 7.09. The molecule has 0 N–H and O–H groups in total. The van der Waals surface area contributed by atoms with Crippen LogP contribution >= 0.6 is 0 Å². The van der Waals surface area contributed by atoms with Crippen LogP contribution in [-0.4, -0.2) is 25.9 Å². The summed E-state index contributed by atoms with van der Waals surface area (Å²) in [6.45, 7) is 16.4. The molecule has 0 heterocycles. The monoisotopic (exact) mass is 698 g/mol. The first kappa shape index (κ1) is 25.1. The molecule has 0 aromatic heterocycles. The van der Waals surface area contributed by atoms with Gasteiger partial charge in [-0.25, -0.2) is 0 Å². The van der Waals surface area contributed by atoms with Crippen molar-refractivity contribution in [2.45, 2.75) is 66.6 Å². The van der Waals surface area contributed by atoms with Gasteiger partial charge < -0.3 is 9.31 Å². The second-order valence-corrected chi connectivity index (χ2v) is 5.53. The predicted molar refractivity (Wildman–Crippen MR) is 71.0 cm³/mol. The van der Waals surface area contributed by atoms with Gasteiger partial charge in [0.25, 0.3) is 14.7 Å². The molecule has 0 aliphatic heterocycles. The van der Waals surface area contributed by atoms with Crippen LogP contribution in [0.2, 0.25) is 0 Å². The summed E-state index contributed by atoms with van der Waals surface area (Å²) in [6.07, 6.45) is 0. The smallest absolute Gasteiger partial charge is 0.278 e. The molecule has 0 aromatic rings. The maximum atomic E-state index is 5.61. The van der Waals surface area contributed by atoms with Crippen LogP contribution in [0.3, 0.4) is 0 Å². The molecule has 0 amide bonds. The summed E-state index contributed by atoms with van der Waals surface area (Å²) in [5, 5.41) is 0. The molecule has 0 fully saturated rings. The van der Waals surface area contributed by atoms with Crippen molar-refractivity contribution in [3.8, 4) is 0 Å². The molecule has 0 aliphatic rings. The summed E-state index contributed by atoms with van der Waals surface area (Å²) in [7, 11) is 3.25. The molecule has 0 aliphatic carbocycles. The van der Waals surface area contributed by atoms with Gasteiger partial charge in [0.1, 0.15) is 0 Å². The fourth-order valence-corrected chi connectivity index (χ4v) is 0.631. The molecule has 0 rings (SSSR count). The topological polar surface area (TPSA) is 18.5 Å². The van der Waals surface area contributed by atoms with Crippen LogP contribution in [0.1, 0.15) is 55.4 Å². The molecule has 2 nitrogen and oxygen atoms in total. The van der Waals surface area contributed by atoms with Crippen LogP contribution < -0.4 is 0 Å². The zero-order chi connectivity index (χ0) is 13.0. The van der Waals surface area contributed by atoms with Gasteiger partial charge in [-0.1, -0.05) is 38.9 Å². The summed E-state index contributed by atoms with van der Waals surface area (Å²) in [4.78, 5) is 0. The first-order valence-corrected chi connectivity index (χ1v) is 5.71. The van der Waals surface area contributed by atoms with Crippen LogP contribution in [0.5, 0.6) is 0 Å². The second kappa shape index (κ2) is 10.8. The Morgan fingerprint density at radius 3 is 1.06 bits per heavy atom. The number of hydrogen-bond acceptors (Lipinski definition) is 2. The van der Waals surface area contributed by atoms with Crippen LogP contribution in [0.25, 0.3) is 0 Å². The van der Waals surface area contributed by atoms with E-state index in [0.29, 0.717) is 0 Å². The number of hydrogen-bond donors (Lipinski definition) is 0. The van der Waals surface area contributed by atoms with Gasteiger partial charge in [-0.3, -0.25) is 11.8 Å². The van der Waals surface area contributed by atoms with Crippen molar-refractivity contribution in [3.05, 3.63) is 11.8 Å². The number of rotatable bonds is 7. The van der Waals surface area contributed by atoms with E-state index in [9.17, 15) is 0 Å². The Kier molecular flexibility index (Phi) is 15.1. The second-order valence-electron chi connectivity index (χ2n) is 5.53. The van der Waals surface area contributed by atoms with Gasteiger partial charge in [-0.05, 0) is 0 Å². The molecule has 0 atom stereocenters. The van der Waals surface area contributed by atoms with Crippen molar-refractivity contribution in [1.29, 1.82) is 0 Å². The Labute approximate surface area is 163 Å². The van der Waals surface area contributed by atoms with Crippen molar-refractivity contribution in [3.63, 3.8) is 0 Å². The third-order valence-corrected chi connectivity index (χ3v) is 3.19. The summed E-state index contributed by atoms with van der Waals surface area (Å²) >= 11 is 0. The van der Waals surface area contributed by atoms with E-state index in [1.165, 1.54) is 11.8 Å². The minimum absolute atomic E-state index is 0. The minimum Gasteiger partial charge on any atom is -0.472 e. The Hall–Kier alpha value is 2.15. The molecular formula is C12H24B2O2U2-2.